The zero-order chi connectivity index (χ0) is 15.2. The fourth-order valence-electron chi connectivity index (χ4n) is 2.67. The lowest BCUT2D eigenvalue weighted by Crippen LogP contribution is -2.18. The highest BCUT2D eigenvalue weighted by molar-refractivity contribution is 5.39. The molecule has 0 heterocycles. The van der Waals surface area contributed by atoms with Crippen LogP contribution in [0.5, 0.6) is 0 Å². The third kappa shape index (κ3) is 3.93. The van der Waals surface area contributed by atoms with Crippen LogP contribution in [0.1, 0.15) is 33.9 Å². The van der Waals surface area contributed by atoms with E-state index in [4.69, 9.17) is 4.74 Å². The SMILES string of the molecule is CNC(c1ccc(CCOC)cc1)c1cc(C)ccc1C. The number of nitrogens with one attached hydrogen (secondary N) is 1. The summed E-state index contributed by atoms with van der Waals surface area (Å²) in [5.74, 6) is 0. The minimum Gasteiger partial charge on any atom is -0.384 e. The third-order valence-electron chi connectivity index (χ3n) is 3.94. The highest BCUT2D eigenvalue weighted by Crippen LogP contribution is 2.26. The van der Waals surface area contributed by atoms with Gasteiger partial charge in [-0.3, -0.25) is 0 Å². The van der Waals surface area contributed by atoms with Gasteiger partial charge in [-0.1, -0.05) is 48.0 Å². The monoisotopic (exact) mass is 283 g/mol. The number of methoxy groups -OCH3 is 1. The van der Waals surface area contributed by atoms with Crippen molar-refractivity contribution in [3.63, 3.8) is 0 Å². The fourth-order valence-corrected chi connectivity index (χ4v) is 2.67. The first-order valence-corrected chi connectivity index (χ1v) is 7.48. The smallest absolute Gasteiger partial charge is 0.0576 e. The van der Waals surface area contributed by atoms with Crippen LogP contribution in [0.2, 0.25) is 0 Å². The van der Waals surface area contributed by atoms with Gasteiger partial charge in [0.05, 0.1) is 12.6 Å². The molecular formula is C19H25NO. The Kier molecular flexibility index (Phi) is 5.54. The number of ether oxygens (including phenoxy) is 1. The quantitative estimate of drug-likeness (QED) is 0.870. The molecule has 0 saturated heterocycles. The van der Waals surface area contributed by atoms with E-state index in [1.54, 1.807) is 7.11 Å². The molecule has 2 heteroatoms. The van der Waals surface area contributed by atoms with Gasteiger partial charge in [0.25, 0.3) is 0 Å². The molecule has 21 heavy (non-hydrogen) atoms. The zero-order valence-electron chi connectivity index (χ0n) is 13.4. The summed E-state index contributed by atoms with van der Waals surface area (Å²) in [6.45, 7) is 5.08. The Bertz CT molecular complexity index is 575. The molecule has 0 aromatic heterocycles. The summed E-state index contributed by atoms with van der Waals surface area (Å²) in [6.07, 6.45) is 0.963. The predicted molar refractivity (Wildman–Crippen MR) is 88.8 cm³/mol. The van der Waals surface area contributed by atoms with Gasteiger partial charge >= 0.3 is 0 Å². The van der Waals surface area contributed by atoms with Crippen LogP contribution in [0.4, 0.5) is 0 Å². The van der Waals surface area contributed by atoms with Crippen LogP contribution in [-0.4, -0.2) is 20.8 Å². The van der Waals surface area contributed by atoms with Crippen LogP contribution < -0.4 is 5.32 Å². The van der Waals surface area contributed by atoms with E-state index >= 15 is 0 Å². The summed E-state index contributed by atoms with van der Waals surface area (Å²) in [7, 11) is 3.76. The average Bonchev–Trinajstić information content (AvgIpc) is 2.50. The van der Waals surface area contributed by atoms with E-state index in [-0.39, 0.29) is 6.04 Å². The number of aryl methyl sites for hydroxylation is 2. The maximum absolute atomic E-state index is 5.13. The van der Waals surface area contributed by atoms with E-state index in [0.29, 0.717) is 0 Å². The molecule has 2 aromatic rings. The molecule has 0 aliphatic rings. The Labute approximate surface area is 128 Å². The minimum atomic E-state index is 0.237. The molecule has 2 rings (SSSR count). The van der Waals surface area contributed by atoms with Crippen LogP contribution in [-0.2, 0) is 11.2 Å². The predicted octanol–water partition coefficient (Wildman–Crippen LogP) is 3.80. The number of hydrogen-bond acceptors (Lipinski definition) is 2. The topological polar surface area (TPSA) is 21.3 Å². The summed E-state index contributed by atoms with van der Waals surface area (Å²) in [5, 5.41) is 3.44. The Morgan fingerprint density at radius 2 is 1.76 bits per heavy atom. The molecule has 0 fully saturated rings. The van der Waals surface area contributed by atoms with Gasteiger partial charge < -0.3 is 10.1 Å². The van der Waals surface area contributed by atoms with Crippen molar-refractivity contribution in [1.82, 2.24) is 5.32 Å². The van der Waals surface area contributed by atoms with Gasteiger partial charge in [0.1, 0.15) is 0 Å². The summed E-state index contributed by atoms with van der Waals surface area (Å²) in [6, 6.07) is 15.7. The molecule has 2 nitrogen and oxygen atoms in total. The minimum absolute atomic E-state index is 0.237. The van der Waals surface area contributed by atoms with Crippen molar-refractivity contribution in [3.8, 4) is 0 Å². The van der Waals surface area contributed by atoms with E-state index in [2.05, 4.69) is 61.6 Å². The summed E-state index contributed by atoms with van der Waals surface area (Å²) >= 11 is 0. The second-order valence-corrected chi connectivity index (χ2v) is 5.57. The first-order valence-electron chi connectivity index (χ1n) is 7.48. The van der Waals surface area contributed by atoms with Gasteiger partial charge in [-0.15, -0.1) is 0 Å². The fraction of sp³-hybridized carbons (Fsp3) is 0.368. The molecule has 2 aromatic carbocycles. The number of benzene rings is 2. The first-order chi connectivity index (χ1) is 10.2. The lowest BCUT2D eigenvalue weighted by molar-refractivity contribution is 0.202. The molecule has 0 saturated carbocycles. The largest absolute Gasteiger partial charge is 0.384 e. The molecule has 0 radical (unpaired) electrons. The van der Waals surface area contributed by atoms with Gasteiger partial charge in [0.2, 0.25) is 0 Å². The van der Waals surface area contributed by atoms with Crippen LogP contribution in [0.3, 0.4) is 0 Å². The van der Waals surface area contributed by atoms with Gasteiger partial charge in [0.15, 0.2) is 0 Å². The molecule has 0 amide bonds. The Balaban J connectivity index is 2.26. The number of hydrogen-bond donors (Lipinski definition) is 1. The Hall–Kier alpha value is -1.64. The average molecular weight is 283 g/mol. The molecule has 112 valence electrons. The van der Waals surface area contributed by atoms with Crippen molar-refractivity contribution in [1.29, 1.82) is 0 Å². The maximum Gasteiger partial charge on any atom is 0.0576 e. The summed E-state index contributed by atoms with van der Waals surface area (Å²) in [5.41, 5.74) is 6.59. The number of rotatable bonds is 6. The van der Waals surface area contributed by atoms with E-state index in [1.165, 1.54) is 27.8 Å². The van der Waals surface area contributed by atoms with Crippen molar-refractivity contribution in [2.24, 2.45) is 0 Å². The van der Waals surface area contributed by atoms with Gasteiger partial charge in [-0.05, 0) is 49.6 Å². The lowest BCUT2D eigenvalue weighted by atomic mass is 9.93. The van der Waals surface area contributed by atoms with Gasteiger partial charge in [-0.2, -0.15) is 0 Å². The highest BCUT2D eigenvalue weighted by atomic mass is 16.5. The second kappa shape index (κ2) is 7.39. The molecule has 0 aliphatic carbocycles. The van der Waals surface area contributed by atoms with Crippen LogP contribution in [0, 0.1) is 13.8 Å². The third-order valence-corrected chi connectivity index (χ3v) is 3.94. The molecular weight excluding hydrogens is 258 g/mol. The molecule has 1 N–H and O–H groups in total. The van der Waals surface area contributed by atoms with Crippen LogP contribution in [0.25, 0.3) is 0 Å². The maximum atomic E-state index is 5.13. The van der Waals surface area contributed by atoms with E-state index in [0.717, 1.165) is 13.0 Å². The molecule has 1 unspecified atom stereocenters. The van der Waals surface area contributed by atoms with Crippen LogP contribution in [0.15, 0.2) is 42.5 Å². The summed E-state index contributed by atoms with van der Waals surface area (Å²) in [4.78, 5) is 0. The van der Waals surface area contributed by atoms with Crippen molar-refractivity contribution < 1.29 is 4.74 Å². The van der Waals surface area contributed by atoms with E-state index in [9.17, 15) is 0 Å². The first kappa shape index (κ1) is 15.7. The molecule has 0 spiro atoms. The lowest BCUT2D eigenvalue weighted by Gasteiger charge is -2.20. The zero-order valence-corrected chi connectivity index (χ0v) is 13.4. The van der Waals surface area contributed by atoms with E-state index < -0.39 is 0 Å². The van der Waals surface area contributed by atoms with Crippen molar-refractivity contribution in [2.45, 2.75) is 26.3 Å². The Morgan fingerprint density at radius 3 is 2.38 bits per heavy atom. The Morgan fingerprint density at radius 1 is 1.05 bits per heavy atom. The van der Waals surface area contributed by atoms with Gasteiger partial charge in [-0.25, -0.2) is 0 Å². The molecule has 0 bridgehead atoms. The molecule has 1 atom stereocenters. The summed E-state index contributed by atoms with van der Waals surface area (Å²) < 4.78 is 5.13. The standard InChI is InChI=1S/C19H25NO/c1-14-5-6-15(2)18(13-14)19(20-3)17-9-7-16(8-10-17)11-12-21-4/h5-10,13,19-20H,11-12H2,1-4H3. The van der Waals surface area contributed by atoms with Crippen molar-refractivity contribution in [2.75, 3.05) is 20.8 Å². The molecule has 0 aliphatic heterocycles. The second-order valence-electron chi connectivity index (χ2n) is 5.57. The van der Waals surface area contributed by atoms with Crippen LogP contribution >= 0.6 is 0 Å². The van der Waals surface area contributed by atoms with Crippen molar-refractivity contribution >= 4 is 0 Å². The highest BCUT2D eigenvalue weighted by Gasteiger charge is 2.14. The normalized spacial score (nSPS) is 12.4. The van der Waals surface area contributed by atoms with E-state index in [1.807, 2.05) is 7.05 Å². The van der Waals surface area contributed by atoms with Crippen molar-refractivity contribution in [3.05, 3.63) is 70.3 Å². The van der Waals surface area contributed by atoms with Gasteiger partial charge in [0, 0.05) is 7.11 Å².